The van der Waals surface area contributed by atoms with Crippen LogP contribution in [0.5, 0.6) is 0 Å². The van der Waals surface area contributed by atoms with E-state index < -0.39 is 0 Å². The number of aromatic nitrogens is 3. The van der Waals surface area contributed by atoms with Gasteiger partial charge in [0.25, 0.3) is 0 Å². The van der Waals surface area contributed by atoms with Crippen molar-refractivity contribution < 1.29 is 0 Å². The molecule has 0 fully saturated rings. The number of hydrogen-bond donors (Lipinski definition) is 0. The Morgan fingerprint density at radius 1 is 1.19 bits per heavy atom. The van der Waals surface area contributed by atoms with Gasteiger partial charge >= 0.3 is 0 Å². The van der Waals surface area contributed by atoms with E-state index >= 15 is 0 Å². The lowest BCUT2D eigenvalue weighted by atomic mass is 10.4. The van der Waals surface area contributed by atoms with Crippen molar-refractivity contribution in [2.75, 3.05) is 0 Å². The number of pyridine rings is 1. The molecule has 0 saturated carbocycles. The van der Waals surface area contributed by atoms with Gasteiger partial charge < -0.3 is 0 Å². The molecule has 3 heterocycles. The molecule has 0 saturated heterocycles. The van der Waals surface area contributed by atoms with Crippen molar-refractivity contribution in [1.29, 1.82) is 0 Å². The summed E-state index contributed by atoms with van der Waals surface area (Å²) in [6.45, 7) is 0. The lowest BCUT2D eigenvalue weighted by Crippen LogP contribution is -1.84. The Kier molecular flexibility index (Phi) is 2.35. The van der Waals surface area contributed by atoms with Crippen LogP contribution in [-0.4, -0.2) is 14.6 Å². The highest BCUT2D eigenvalue weighted by Crippen LogP contribution is 2.29. The molecule has 0 amide bonds. The van der Waals surface area contributed by atoms with Crippen molar-refractivity contribution in [1.82, 2.24) is 14.6 Å². The SMILES string of the molecule is Clc1ccn2nc(-c3ccc(Cl)s3)nc2c1. The molecular weight excluding hydrogens is 265 g/mol. The Morgan fingerprint density at radius 3 is 2.81 bits per heavy atom. The molecule has 0 unspecified atom stereocenters. The highest BCUT2D eigenvalue weighted by Gasteiger charge is 2.08. The maximum absolute atomic E-state index is 5.88. The monoisotopic (exact) mass is 269 g/mol. The van der Waals surface area contributed by atoms with E-state index in [1.807, 2.05) is 12.1 Å². The maximum atomic E-state index is 5.88. The quantitative estimate of drug-likeness (QED) is 0.673. The molecular formula is C10H5Cl2N3S. The zero-order valence-electron chi connectivity index (χ0n) is 7.89. The van der Waals surface area contributed by atoms with Crippen LogP contribution in [0.4, 0.5) is 0 Å². The largest absolute Gasteiger partial charge is 0.220 e. The first-order chi connectivity index (χ1) is 7.72. The highest BCUT2D eigenvalue weighted by molar-refractivity contribution is 7.19. The summed E-state index contributed by atoms with van der Waals surface area (Å²) in [6.07, 6.45) is 1.78. The third kappa shape index (κ3) is 1.69. The first kappa shape index (κ1) is 10.1. The Labute approximate surface area is 105 Å². The Balaban J connectivity index is 2.18. The van der Waals surface area contributed by atoms with Crippen molar-refractivity contribution in [2.24, 2.45) is 0 Å². The lowest BCUT2D eigenvalue weighted by molar-refractivity contribution is 0.967. The van der Waals surface area contributed by atoms with Crippen LogP contribution >= 0.6 is 34.5 Å². The van der Waals surface area contributed by atoms with Gasteiger partial charge in [-0.25, -0.2) is 9.50 Å². The molecule has 0 aliphatic heterocycles. The molecule has 16 heavy (non-hydrogen) atoms. The Bertz CT molecular complexity index is 659. The summed E-state index contributed by atoms with van der Waals surface area (Å²) in [5, 5.41) is 4.98. The molecule has 3 aromatic rings. The van der Waals surface area contributed by atoms with Gasteiger partial charge in [0.05, 0.1) is 9.21 Å². The number of nitrogens with zero attached hydrogens (tertiary/aromatic N) is 3. The van der Waals surface area contributed by atoms with Crippen LogP contribution in [0.15, 0.2) is 30.5 Å². The molecule has 3 aromatic heterocycles. The van der Waals surface area contributed by atoms with E-state index in [1.165, 1.54) is 11.3 Å². The Hall–Kier alpha value is -1.10. The molecule has 0 aromatic carbocycles. The van der Waals surface area contributed by atoms with Crippen molar-refractivity contribution in [2.45, 2.75) is 0 Å². The molecule has 80 valence electrons. The van der Waals surface area contributed by atoms with Crippen molar-refractivity contribution >= 4 is 40.2 Å². The minimum atomic E-state index is 0.649. The molecule has 0 aliphatic rings. The summed E-state index contributed by atoms with van der Waals surface area (Å²) in [6, 6.07) is 7.28. The summed E-state index contributed by atoms with van der Waals surface area (Å²) in [5.41, 5.74) is 0.729. The third-order valence-electron chi connectivity index (χ3n) is 2.09. The summed E-state index contributed by atoms with van der Waals surface area (Å²) in [7, 11) is 0. The van der Waals surface area contributed by atoms with E-state index in [4.69, 9.17) is 23.2 Å². The fourth-order valence-corrected chi connectivity index (χ4v) is 2.52. The zero-order chi connectivity index (χ0) is 11.1. The molecule has 0 atom stereocenters. The normalized spacial score (nSPS) is 11.1. The summed E-state index contributed by atoms with van der Waals surface area (Å²) in [5.74, 6) is 0.666. The number of fused-ring (bicyclic) bond motifs is 1. The van der Waals surface area contributed by atoms with Gasteiger partial charge in [0.1, 0.15) is 0 Å². The number of halogens is 2. The number of thiophene rings is 1. The van der Waals surface area contributed by atoms with Gasteiger partial charge in [-0.3, -0.25) is 0 Å². The number of rotatable bonds is 1. The van der Waals surface area contributed by atoms with Crippen LogP contribution in [0.1, 0.15) is 0 Å². The molecule has 0 radical (unpaired) electrons. The van der Waals surface area contributed by atoms with Crippen LogP contribution in [-0.2, 0) is 0 Å². The summed E-state index contributed by atoms with van der Waals surface area (Å²) >= 11 is 13.2. The smallest absolute Gasteiger partial charge is 0.192 e. The van der Waals surface area contributed by atoms with E-state index in [9.17, 15) is 0 Å². The van der Waals surface area contributed by atoms with Gasteiger partial charge in [0.15, 0.2) is 11.5 Å². The van der Waals surface area contributed by atoms with E-state index in [0.717, 1.165) is 14.9 Å². The van der Waals surface area contributed by atoms with Gasteiger partial charge in [-0.05, 0) is 18.2 Å². The van der Waals surface area contributed by atoms with E-state index in [0.29, 0.717) is 10.8 Å². The zero-order valence-corrected chi connectivity index (χ0v) is 10.2. The van der Waals surface area contributed by atoms with Crippen molar-refractivity contribution in [3.8, 4) is 10.7 Å². The molecule has 3 nitrogen and oxygen atoms in total. The minimum Gasteiger partial charge on any atom is -0.220 e. The second-order valence-corrected chi connectivity index (χ2v) is 5.34. The highest BCUT2D eigenvalue weighted by atomic mass is 35.5. The van der Waals surface area contributed by atoms with E-state index in [2.05, 4.69) is 10.1 Å². The van der Waals surface area contributed by atoms with Gasteiger partial charge in [0.2, 0.25) is 0 Å². The van der Waals surface area contributed by atoms with Crippen LogP contribution in [0.25, 0.3) is 16.3 Å². The van der Waals surface area contributed by atoms with Gasteiger partial charge in [-0.15, -0.1) is 16.4 Å². The topological polar surface area (TPSA) is 30.2 Å². The number of hydrogen-bond acceptors (Lipinski definition) is 3. The van der Waals surface area contributed by atoms with E-state index in [-0.39, 0.29) is 0 Å². The minimum absolute atomic E-state index is 0.649. The van der Waals surface area contributed by atoms with Crippen molar-refractivity contribution in [3.63, 3.8) is 0 Å². The fourth-order valence-electron chi connectivity index (χ4n) is 1.40. The lowest BCUT2D eigenvalue weighted by Gasteiger charge is -1.89. The second-order valence-electron chi connectivity index (χ2n) is 3.19. The molecule has 6 heteroatoms. The first-order valence-electron chi connectivity index (χ1n) is 4.50. The Morgan fingerprint density at radius 2 is 2.06 bits per heavy atom. The van der Waals surface area contributed by atoms with Crippen LogP contribution in [0.2, 0.25) is 9.36 Å². The molecule has 0 spiro atoms. The molecule has 3 rings (SSSR count). The van der Waals surface area contributed by atoms with Gasteiger partial charge in [-0.2, -0.15) is 0 Å². The van der Waals surface area contributed by atoms with Gasteiger partial charge in [0, 0.05) is 17.3 Å². The van der Waals surface area contributed by atoms with Gasteiger partial charge in [-0.1, -0.05) is 23.2 Å². The maximum Gasteiger partial charge on any atom is 0.192 e. The molecule has 0 aliphatic carbocycles. The fraction of sp³-hybridized carbons (Fsp3) is 0. The standard InChI is InChI=1S/C10H5Cl2N3S/c11-6-3-4-15-9(5-6)13-10(14-15)7-1-2-8(12)16-7/h1-5H. The predicted octanol–water partition coefficient (Wildman–Crippen LogP) is 3.76. The summed E-state index contributed by atoms with van der Waals surface area (Å²) in [4.78, 5) is 5.33. The first-order valence-corrected chi connectivity index (χ1v) is 6.07. The van der Waals surface area contributed by atoms with Crippen LogP contribution in [0, 0.1) is 0 Å². The summed E-state index contributed by atoms with van der Waals surface area (Å²) < 4.78 is 2.42. The third-order valence-corrected chi connectivity index (χ3v) is 3.56. The second kappa shape index (κ2) is 3.73. The average molecular weight is 270 g/mol. The predicted molar refractivity (Wildman–Crippen MR) is 66.3 cm³/mol. The van der Waals surface area contributed by atoms with Crippen LogP contribution < -0.4 is 0 Å². The van der Waals surface area contributed by atoms with E-state index in [1.54, 1.807) is 22.8 Å². The van der Waals surface area contributed by atoms with Crippen LogP contribution in [0.3, 0.4) is 0 Å². The molecule has 0 bridgehead atoms. The van der Waals surface area contributed by atoms with Crippen molar-refractivity contribution in [3.05, 3.63) is 39.8 Å². The average Bonchev–Trinajstić information content (AvgIpc) is 2.83. The molecule has 0 N–H and O–H groups in total.